The molecule has 1 heterocycles. The van der Waals surface area contributed by atoms with Crippen molar-refractivity contribution in [3.05, 3.63) is 34.6 Å². The van der Waals surface area contributed by atoms with Crippen LogP contribution < -0.4 is 0 Å². The van der Waals surface area contributed by atoms with Gasteiger partial charge in [-0.3, -0.25) is 0 Å². The molecule has 0 aliphatic carbocycles. The van der Waals surface area contributed by atoms with E-state index in [9.17, 15) is 0 Å². The summed E-state index contributed by atoms with van der Waals surface area (Å²) in [5.41, 5.74) is 2.10. The smallest absolute Gasteiger partial charge is 0.164 e. The molecular formula is C11H11Cl2N3. The van der Waals surface area contributed by atoms with Gasteiger partial charge >= 0.3 is 0 Å². The van der Waals surface area contributed by atoms with Crippen LogP contribution in [-0.2, 0) is 12.9 Å². The first-order valence-electron chi connectivity index (χ1n) is 4.84. The standard InChI is InChI=1S/C11H11Cl2N3/c1-7-3-4-8(13)5-9(7)11-15-14-10(6-12)16(11)2/h3-5H,6H2,1-2H3. The van der Waals surface area contributed by atoms with E-state index in [0.29, 0.717) is 10.9 Å². The molecule has 0 saturated carbocycles. The first-order valence-corrected chi connectivity index (χ1v) is 5.75. The molecule has 5 heteroatoms. The van der Waals surface area contributed by atoms with E-state index in [-0.39, 0.29) is 0 Å². The maximum Gasteiger partial charge on any atom is 0.164 e. The zero-order chi connectivity index (χ0) is 11.7. The number of aryl methyl sites for hydroxylation is 1. The molecule has 0 spiro atoms. The summed E-state index contributed by atoms with van der Waals surface area (Å²) in [6.07, 6.45) is 0. The summed E-state index contributed by atoms with van der Waals surface area (Å²) in [6, 6.07) is 5.71. The van der Waals surface area contributed by atoms with E-state index in [1.165, 1.54) is 0 Å². The lowest BCUT2D eigenvalue weighted by molar-refractivity contribution is 0.853. The lowest BCUT2D eigenvalue weighted by atomic mass is 10.1. The predicted molar refractivity (Wildman–Crippen MR) is 65.7 cm³/mol. The average molecular weight is 256 g/mol. The Balaban J connectivity index is 2.58. The fraction of sp³-hybridized carbons (Fsp3) is 0.273. The number of aromatic nitrogens is 3. The highest BCUT2D eigenvalue weighted by molar-refractivity contribution is 6.30. The van der Waals surface area contributed by atoms with Crippen LogP contribution >= 0.6 is 23.2 Å². The van der Waals surface area contributed by atoms with Crippen LogP contribution in [0, 0.1) is 6.92 Å². The molecule has 0 atom stereocenters. The van der Waals surface area contributed by atoms with Crippen molar-refractivity contribution in [3.8, 4) is 11.4 Å². The third-order valence-corrected chi connectivity index (χ3v) is 3.00. The van der Waals surface area contributed by atoms with Gasteiger partial charge in [0.25, 0.3) is 0 Å². The quantitative estimate of drug-likeness (QED) is 0.772. The molecular weight excluding hydrogens is 245 g/mol. The van der Waals surface area contributed by atoms with E-state index < -0.39 is 0 Å². The number of rotatable bonds is 2. The number of hydrogen-bond acceptors (Lipinski definition) is 2. The molecule has 0 aliphatic heterocycles. The predicted octanol–water partition coefficient (Wildman–Crippen LogP) is 3.18. The Hall–Kier alpha value is -1.06. The summed E-state index contributed by atoms with van der Waals surface area (Å²) < 4.78 is 1.88. The van der Waals surface area contributed by atoms with Gasteiger partial charge < -0.3 is 4.57 Å². The Kier molecular flexibility index (Phi) is 3.17. The topological polar surface area (TPSA) is 30.7 Å². The minimum absolute atomic E-state index is 0.350. The van der Waals surface area contributed by atoms with Gasteiger partial charge in [0.15, 0.2) is 5.82 Å². The third-order valence-electron chi connectivity index (χ3n) is 2.53. The maximum absolute atomic E-state index is 5.98. The van der Waals surface area contributed by atoms with Gasteiger partial charge in [0.1, 0.15) is 5.82 Å². The average Bonchev–Trinajstić information content (AvgIpc) is 2.63. The fourth-order valence-corrected chi connectivity index (χ4v) is 1.95. The van der Waals surface area contributed by atoms with Crippen molar-refractivity contribution in [3.63, 3.8) is 0 Å². The first kappa shape index (κ1) is 11.4. The van der Waals surface area contributed by atoms with E-state index in [0.717, 1.165) is 22.8 Å². The first-order chi connectivity index (χ1) is 7.63. The second kappa shape index (κ2) is 4.44. The van der Waals surface area contributed by atoms with E-state index in [1.54, 1.807) is 0 Å². The summed E-state index contributed by atoms with van der Waals surface area (Å²) in [5.74, 6) is 1.88. The Morgan fingerprint density at radius 2 is 2.06 bits per heavy atom. The van der Waals surface area contributed by atoms with Crippen molar-refractivity contribution in [1.29, 1.82) is 0 Å². The Morgan fingerprint density at radius 1 is 1.31 bits per heavy atom. The molecule has 0 aliphatic rings. The van der Waals surface area contributed by atoms with E-state index in [1.807, 2.05) is 36.7 Å². The summed E-state index contributed by atoms with van der Waals surface area (Å²) in [4.78, 5) is 0. The van der Waals surface area contributed by atoms with Gasteiger partial charge in [-0.15, -0.1) is 21.8 Å². The van der Waals surface area contributed by atoms with Gasteiger partial charge in [-0.1, -0.05) is 17.7 Å². The van der Waals surface area contributed by atoms with Gasteiger partial charge in [0.2, 0.25) is 0 Å². The van der Waals surface area contributed by atoms with Gasteiger partial charge in [-0.05, 0) is 24.6 Å². The highest BCUT2D eigenvalue weighted by Crippen LogP contribution is 2.25. The molecule has 3 nitrogen and oxygen atoms in total. The second-order valence-corrected chi connectivity index (χ2v) is 4.30. The van der Waals surface area contributed by atoms with Gasteiger partial charge in [0.05, 0.1) is 5.88 Å². The molecule has 0 radical (unpaired) electrons. The molecule has 0 unspecified atom stereocenters. The highest BCUT2D eigenvalue weighted by Gasteiger charge is 2.12. The molecule has 2 rings (SSSR count). The molecule has 2 aromatic rings. The number of alkyl halides is 1. The van der Waals surface area contributed by atoms with Crippen molar-refractivity contribution in [2.24, 2.45) is 7.05 Å². The molecule has 1 aromatic heterocycles. The van der Waals surface area contributed by atoms with Crippen LogP contribution in [0.1, 0.15) is 11.4 Å². The van der Waals surface area contributed by atoms with Crippen LogP contribution in [0.25, 0.3) is 11.4 Å². The number of benzene rings is 1. The molecule has 1 aromatic carbocycles. The minimum Gasteiger partial charge on any atom is -0.313 e. The highest BCUT2D eigenvalue weighted by atomic mass is 35.5. The molecule has 0 saturated heterocycles. The Bertz CT molecular complexity index is 520. The van der Waals surface area contributed by atoms with Gasteiger partial charge in [-0.2, -0.15) is 0 Å². The largest absolute Gasteiger partial charge is 0.313 e. The van der Waals surface area contributed by atoms with Crippen molar-refractivity contribution in [2.45, 2.75) is 12.8 Å². The van der Waals surface area contributed by atoms with Crippen molar-refractivity contribution >= 4 is 23.2 Å². The minimum atomic E-state index is 0.350. The van der Waals surface area contributed by atoms with Crippen LogP contribution in [0.3, 0.4) is 0 Å². The normalized spacial score (nSPS) is 10.8. The fourth-order valence-electron chi connectivity index (χ4n) is 1.55. The molecule has 0 bridgehead atoms. The van der Waals surface area contributed by atoms with Crippen LogP contribution in [0.4, 0.5) is 0 Å². The van der Waals surface area contributed by atoms with Crippen LogP contribution in [0.2, 0.25) is 5.02 Å². The molecule has 84 valence electrons. The van der Waals surface area contributed by atoms with E-state index in [2.05, 4.69) is 10.2 Å². The molecule has 0 fully saturated rings. The van der Waals surface area contributed by atoms with Crippen LogP contribution in [0.5, 0.6) is 0 Å². The maximum atomic E-state index is 5.98. The Labute approximate surface area is 104 Å². The molecule has 0 N–H and O–H groups in total. The summed E-state index contributed by atoms with van der Waals surface area (Å²) in [7, 11) is 1.90. The number of hydrogen-bond donors (Lipinski definition) is 0. The second-order valence-electron chi connectivity index (χ2n) is 3.59. The van der Waals surface area contributed by atoms with Crippen LogP contribution in [-0.4, -0.2) is 14.8 Å². The molecule has 16 heavy (non-hydrogen) atoms. The van der Waals surface area contributed by atoms with Crippen molar-refractivity contribution in [1.82, 2.24) is 14.8 Å². The summed E-state index contributed by atoms with van der Waals surface area (Å²) in [5, 5.41) is 8.84. The molecule has 0 amide bonds. The summed E-state index contributed by atoms with van der Waals surface area (Å²) in [6.45, 7) is 2.01. The van der Waals surface area contributed by atoms with E-state index in [4.69, 9.17) is 23.2 Å². The number of nitrogens with zero attached hydrogens (tertiary/aromatic N) is 3. The zero-order valence-corrected chi connectivity index (χ0v) is 10.5. The third kappa shape index (κ3) is 1.93. The Morgan fingerprint density at radius 3 is 2.69 bits per heavy atom. The monoisotopic (exact) mass is 255 g/mol. The SMILES string of the molecule is Cc1ccc(Cl)cc1-c1nnc(CCl)n1C. The van der Waals surface area contributed by atoms with E-state index >= 15 is 0 Å². The number of halogens is 2. The lowest BCUT2D eigenvalue weighted by Crippen LogP contribution is -1.98. The van der Waals surface area contributed by atoms with Crippen LogP contribution in [0.15, 0.2) is 18.2 Å². The van der Waals surface area contributed by atoms with Crippen molar-refractivity contribution < 1.29 is 0 Å². The van der Waals surface area contributed by atoms with Gasteiger partial charge in [0, 0.05) is 17.6 Å². The summed E-state index contributed by atoms with van der Waals surface area (Å²) >= 11 is 11.7. The van der Waals surface area contributed by atoms with Gasteiger partial charge in [-0.25, -0.2) is 0 Å². The zero-order valence-electron chi connectivity index (χ0n) is 9.04. The van der Waals surface area contributed by atoms with Crippen molar-refractivity contribution in [2.75, 3.05) is 0 Å². The lowest BCUT2D eigenvalue weighted by Gasteiger charge is -2.06.